The number of aromatic nitrogens is 2. The van der Waals surface area contributed by atoms with E-state index in [0.29, 0.717) is 15.7 Å². The van der Waals surface area contributed by atoms with Crippen molar-refractivity contribution >= 4 is 34.5 Å². The van der Waals surface area contributed by atoms with Crippen molar-refractivity contribution in [1.82, 2.24) is 9.97 Å². The van der Waals surface area contributed by atoms with Gasteiger partial charge in [-0.1, -0.05) is 23.9 Å². The van der Waals surface area contributed by atoms with Gasteiger partial charge in [-0.2, -0.15) is 0 Å². The third-order valence-electron chi connectivity index (χ3n) is 2.81. The molecular weight excluding hydrogens is 274 g/mol. The van der Waals surface area contributed by atoms with Crippen LogP contribution in [0.25, 0.3) is 11.0 Å². The Labute approximate surface area is 118 Å². The first-order valence-electron chi connectivity index (χ1n) is 5.89. The third kappa shape index (κ3) is 2.33. The van der Waals surface area contributed by atoms with E-state index in [4.69, 9.17) is 5.73 Å². The Morgan fingerprint density at radius 3 is 2.80 bits per heavy atom. The van der Waals surface area contributed by atoms with Crippen LogP contribution in [0.3, 0.4) is 0 Å². The van der Waals surface area contributed by atoms with Crippen molar-refractivity contribution in [1.29, 1.82) is 0 Å². The van der Waals surface area contributed by atoms with E-state index in [0.717, 1.165) is 11.0 Å². The van der Waals surface area contributed by atoms with Gasteiger partial charge in [0, 0.05) is 10.6 Å². The van der Waals surface area contributed by atoms with Crippen molar-refractivity contribution in [3.05, 3.63) is 48.0 Å². The first kappa shape index (κ1) is 12.6. The van der Waals surface area contributed by atoms with Gasteiger partial charge in [0.2, 0.25) is 0 Å². The zero-order chi connectivity index (χ0) is 14.1. The summed E-state index contributed by atoms with van der Waals surface area (Å²) in [6.07, 6.45) is 0. The molecule has 0 atom stereocenters. The molecule has 0 aliphatic heterocycles. The lowest BCUT2D eigenvalue weighted by atomic mass is 10.2. The summed E-state index contributed by atoms with van der Waals surface area (Å²) < 4.78 is 0. The Hall–Kier alpha value is -2.47. The lowest BCUT2D eigenvalue weighted by Gasteiger charge is -2.04. The smallest absolute Gasteiger partial charge is 0.336 e. The van der Waals surface area contributed by atoms with Gasteiger partial charge in [0.1, 0.15) is 0 Å². The van der Waals surface area contributed by atoms with E-state index in [2.05, 4.69) is 9.97 Å². The zero-order valence-corrected chi connectivity index (χ0v) is 11.1. The van der Waals surface area contributed by atoms with Crippen molar-refractivity contribution < 1.29 is 9.90 Å². The summed E-state index contributed by atoms with van der Waals surface area (Å²) in [7, 11) is 0. The molecule has 0 radical (unpaired) electrons. The highest BCUT2D eigenvalue weighted by molar-refractivity contribution is 7.99. The maximum absolute atomic E-state index is 11.2. The second-order valence-electron chi connectivity index (χ2n) is 4.22. The van der Waals surface area contributed by atoms with Crippen molar-refractivity contribution in [3.8, 4) is 0 Å². The molecule has 0 amide bonds. The van der Waals surface area contributed by atoms with Gasteiger partial charge in [0.05, 0.1) is 16.6 Å². The van der Waals surface area contributed by atoms with E-state index >= 15 is 0 Å². The minimum Gasteiger partial charge on any atom is -0.478 e. The average molecular weight is 285 g/mol. The van der Waals surface area contributed by atoms with Crippen LogP contribution in [0.1, 0.15) is 10.4 Å². The molecule has 6 heteroatoms. The minimum atomic E-state index is -0.983. The first-order chi connectivity index (χ1) is 9.63. The quantitative estimate of drug-likeness (QED) is 0.643. The molecule has 3 aromatic rings. The number of benzene rings is 2. The van der Waals surface area contributed by atoms with E-state index in [9.17, 15) is 9.90 Å². The third-order valence-corrected chi connectivity index (χ3v) is 3.75. The highest BCUT2D eigenvalue weighted by Gasteiger charge is 2.13. The molecule has 2 aromatic carbocycles. The zero-order valence-electron chi connectivity index (χ0n) is 10.3. The molecule has 20 heavy (non-hydrogen) atoms. The fraction of sp³-hybridized carbons (Fsp3) is 0. The van der Waals surface area contributed by atoms with E-state index in [-0.39, 0.29) is 5.56 Å². The number of rotatable bonds is 3. The summed E-state index contributed by atoms with van der Waals surface area (Å²) in [5, 5.41) is 9.83. The molecule has 100 valence electrons. The molecular formula is C14H11N3O2S. The van der Waals surface area contributed by atoms with Crippen molar-refractivity contribution in [3.63, 3.8) is 0 Å². The van der Waals surface area contributed by atoms with E-state index in [1.807, 2.05) is 24.3 Å². The van der Waals surface area contributed by atoms with E-state index in [1.54, 1.807) is 12.1 Å². The number of nitrogen functional groups attached to an aromatic ring is 1. The van der Waals surface area contributed by atoms with Crippen molar-refractivity contribution in [2.24, 2.45) is 0 Å². The van der Waals surface area contributed by atoms with Crippen LogP contribution >= 0.6 is 11.8 Å². The van der Waals surface area contributed by atoms with Crippen LogP contribution in [0, 0.1) is 0 Å². The highest BCUT2D eigenvalue weighted by atomic mass is 32.2. The molecule has 0 saturated heterocycles. The number of hydrogen-bond acceptors (Lipinski definition) is 4. The molecule has 4 N–H and O–H groups in total. The summed E-state index contributed by atoms with van der Waals surface area (Å²) in [6, 6.07) is 12.4. The standard InChI is InChI=1S/C14H11N3O2S/c15-8-5-6-9(13(18)19)12(7-8)20-14-16-10-3-1-2-4-11(10)17-14/h1-7H,15H2,(H,16,17)(H,18,19). The number of nitrogens with one attached hydrogen (secondary N) is 1. The van der Waals surface area contributed by atoms with Crippen LogP contribution in [0.15, 0.2) is 52.5 Å². The molecule has 0 aliphatic carbocycles. The molecule has 0 saturated carbocycles. The molecule has 0 fully saturated rings. The van der Waals surface area contributed by atoms with Gasteiger partial charge in [0.25, 0.3) is 0 Å². The van der Waals surface area contributed by atoms with Gasteiger partial charge in [0.15, 0.2) is 5.16 Å². The summed E-state index contributed by atoms with van der Waals surface area (Å²) in [5.74, 6) is -0.983. The van der Waals surface area contributed by atoms with Gasteiger partial charge >= 0.3 is 5.97 Å². The Balaban J connectivity index is 2.01. The number of para-hydroxylation sites is 2. The Morgan fingerprint density at radius 2 is 2.05 bits per heavy atom. The van der Waals surface area contributed by atoms with Crippen LogP contribution < -0.4 is 5.73 Å². The van der Waals surface area contributed by atoms with Gasteiger partial charge in [-0.05, 0) is 30.3 Å². The van der Waals surface area contributed by atoms with Crippen LogP contribution in [-0.2, 0) is 0 Å². The number of carboxylic acid groups (broad SMARTS) is 1. The van der Waals surface area contributed by atoms with Crippen molar-refractivity contribution in [2.75, 3.05) is 5.73 Å². The molecule has 0 unspecified atom stereocenters. The fourth-order valence-corrected chi connectivity index (χ4v) is 2.86. The van der Waals surface area contributed by atoms with Gasteiger partial charge in [-0.15, -0.1) is 0 Å². The van der Waals surface area contributed by atoms with Crippen LogP contribution in [0.2, 0.25) is 0 Å². The molecule has 3 rings (SSSR count). The molecule has 1 heterocycles. The number of carboxylic acids is 1. The second-order valence-corrected chi connectivity index (χ2v) is 5.25. The molecule has 0 bridgehead atoms. The number of aromatic carboxylic acids is 1. The Kier molecular flexibility index (Phi) is 3.08. The Morgan fingerprint density at radius 1 is 1.25 bits per heavy atom. The van der Waals surface area contributed by atoms with E-state index in [1.165, 1.54) is 17.8 Å². The average Bonchev–Trinajstić information content (AvgIpc) is 2.80. The van der Waals surface area contributed by atoms with Gasteiger partial charge in [-0.25, -0.2) is 9.78 Å². The lowest BCUT2D eigenvalue weighted by molar-refractivity contribution is 0.0693. The normalized spacial score (nSPS) is 10.8. The predicted octanol–water partition coefficient (Wildman–Crippen LogP) is 2.99. The largest absolute Gasteiger partial charge is 0.478 e. The highest BCUT2D eigenvalue weighted by Crippen LogP contribution is 2.31. The number of carbonyl (C=O) groups is 1. The topological polar surface area (TPSA) is 92.0 Å². The molecule has 1 aromatic heterocycles. The summed E-state index contributed by atoms with van der Waals surface area (Å²) >= 11 is 1.25. The number of aromatic amines is 1. The number of anilines is 1. The number of H-pyrrole nitrogens is 1. The lowest BCUT2D eigenvalue weighted by Crippen LogP contribution is -2.00. The number of hydrogen-bond donors (Lipinski definition) is 3. The fourth-order valence-electron chi connectivity index (χ4n) is 1.88. The number of nitrogens with zero attached hydrogens (tertiary/aromatic N) is 1. The minimum absolute atomic E-state index is 0.213. The van der Waals surface area contributed by atoms with Crippen molar-refractivity contribution in [2.45, 2.75) is 10.1 Å². The first-order valence-corrected chi connectivity index (χ1v) is 6.70. The summed E-state index contributed by atoms with van der Waals surface area (Å²) in [6.45, 7) is 0. The second kappa shape index (κ2) is 4.90. The van der Waals surface area contributed by atoms with Crippen LogP contribution in [-0.4, -0.2) is 21.0 Å². The Bertz CT molecular complexity index is 765. The van der Waals surface area contributed by atoms with Gasteiger partial charge < -0.3 is 15.8 Å². The molecule has 5 nitrogen and oxygen atoms in total. The molecule has 0 aliphatic rings. The van der Waals surface area contributed by atoms with Crippen LogP contribution in [0.4, 0.5) is 5.69 Å². The SMILES string of the molecule is Nc1ccc(C(=O)O)c(Sc2nc3ccccc3[nH]2)c1. The summed E-state index contributed by atoms with van der Waals surface area (Å²) in [4.78, 5) is 19.3. The van der Waals surface area contributed by atoms with E-state index < -0.39 is 5.97 Å². The number of nitrogens with two attached hydrogens (primary N) is 1. The maximum Gasteiger partial charge on any atom is 0.336 e. The monoisotopic (exact) mass is 285 g/mol. The maximum atomic E-state index is 11.2. The predicted molar refractivity (Wildman–Crippen MR) is 78.0 cm³/mol. The number of imidazole rings is 1. The van der Waals surface area contributed by atoms with Gasteiger partial charge in [-0.3, -0.25) is 0 Å². The molecule has 0 spiro atoms. The number of fused-ring (bicyclic) bond motifs is 1. The summed E-state index contributed by atoms with van der Waals surface area (Å²) in [5.41, 5.74) is 8.21. The van der Waals surface area contributed by atoms with Crippen LogP contribution in [0.5, 0.6) is 0 Å².